The highest BCUT2D eigenvalue weighted by Gasteiger charge is 2.35. The number of ether oxygens (including phenoxy) is 2. The van der Waals surface area contributed by atoms with Crippen LogP contribution in [0.5, 0.6) is 11.5 Å². The maximum absolute atomic E-state index is 14.0. The fourth-order valence-corrected chi connectivity index (χ4v) is 5.98. The Morgan fingerprint density at radius 1 is 1.05 bits per heavy atom. The Kier molecular flexibility index (Phi) is 9.94. The van der Waals surface area contributed by atoms with Crippen LogP contribution in [0.3, 0.4) is 0 Å². The molecule has 0 fully saturated rings. The molecule has 1 aliphatic rings. The Morgan fingerprint density at radius 2 is 1.84 bits per heavy atom. The summed E-state index contributed by atoms with van der Waals surface area (Å²) in [5, 5.41) is 12.6. The van der Waals surface area contributed by atoms with Crippen molar-refractivity contribution in [1.29, 1.82) is 0 Å². The van der Waals surface area contributed by atoms with Gasteiger partial charge in [0.25, 0.3) is 5.91 Å². The molecule has 1 atom stereocenters. The van der Waals surface area contributed by atoms with E-state index in [2.05, 4.69) is 17.6 Å². The van der Waals surface area contributed by atoms with Gasteiger partial charge in [0, 0.05) is 22.2 Å². The Bertz CT molecular complexity index is 1640. The number of carbonyl (C=O) groups excluding carboxylic acids is 1. The van der Waals surface area contributed by atoms with E-state index < -0.39 is 6.04 Å². The summed E-state index contributed by atoms with van der Waals surface area (Å²) < 4.78 is 13.8. The first-order chi connectivity index (χ1) is 20.9. The van der Waals surface area contributed by atoms with Gasteiger partial charge in [0.05, 0.1) is 18.8 Å². The summed E-state index contributed by atoms with van der Waals surface area (Å²) in [4.78, 5) is 18.8. The second-order valence-corrected chi connectivity index (χ2v) is 11.6. The highest BCUT2D eigenvalue weighted by Crippen LogP contribution is 2.40. The molecule has 2 N–H and O–H groups in total. The number of anilines is 2. The SMILES string of the molecule is CCCCOc1ccc(C2C(C(=O)Nc3ccccc3C)=C(C)Nc3nc(SCc4ccccc4Cl)nn32)cc1OCC. The van der Waals surface area contributed by atoms with Crippen LogP contribution < -0.4 is 20.1 Å². The molecule has 2 heterocycles. The van der Waals surface area contributed by atoms with Crippen molar-refractivity contribution in [3.05, 3.63) is 99.7 Å². The number of thioether (sulfide) groups is 1. The molecule has 4 aromatic rings. The average molecular weight is 618 g/mol. The standard InChI is InChI=1S/C33H36ClN5O3S/c1-5-7-18-42-27-17-16-23(19-28(27)41-6-2)30-29(31(40)36-26-15-11-8-12-21(26)3)22(4)35-32-37-33(38-39(30)32)43-20-24-13-9-10-14-25(24)34/h8-17,19,30H,5-7,18,20H2,1-4H3,(H,36,40)(H,35,37,38). The molecule has 10 heteroatoms. The summed E-state index contributed by atoms with van der Waals surface area (Å²) in [6.07, 6.45) is 1.98. The minimum Gasteiger partial charge on any atom is -0.490 e. The molecular formula is C33H36ClN5O3S. The van der Waals surface area contributed by atoms with Crippen molar-refractivity contribution < 1.29 is 14.3 Å². The lowest BCUT2D eigenvalue weighted by Gasteiger charge is -2.29. The van der Waals surface area contributed by atoms with E-state index in [9.17, 15) is 4.79 Å². The molecule has 1 aromatic heterocycles. The fraction of sp³-hybridized carbons (Fsp3) is 0.303. The molecule has 0 saturated heterocycles. The van der Waals surface area contributed by atoms with Gasteiger partial charge in [0.1, 0.15) is 6.04 Å². The van der Waals surface area contributed by atoms with Crippen molar-refractivity contribution in [3.63, 3.8) is 0 Å². The molecule has 0 radical (unpaired) electrons. The Hall–Kier alpha value is -3.95. The first kappa shape index (κ1) is 30.5. The van der Waals surface area contributed by atoms with Gasteiger partial charge in [0.15, 0.2) is 11.5 Å². The number of para-hydroxylation sites is 1. The summed E-state index contributed by atoms with van der Waals surface area (Å²) in [6.45, 7) is 9.01. The van der Waals surface area contributed by atoms with E-state index in [4.69, 9.17) is 31.2 Å². The van der Waals surface area contributed by atoms with Gasteiger partial charge < -0.3 is 20.1 Å². The Balaban J connectivity index is 1.53. The van der Waals surface area contributed by atoms with Gasteiger partial charge in [-0.05, 0) is 68.1 Å². The molecule has 224 valence electrons. The van der Waals surface area contributed by atoms with Crippen molar-refractivity contribution in [1.82, 2.24) is 14.8 Å². The Labute approximate surface area is 261 Å². The molecule has 1 unspecified atom stereocenters. The monoisotopic (exact) mass is 617 g/mol. The summed E-state index contributed by atoms with van der Waals surface area (Å²) in [5.41, 5.74) is 4.78. The van der Waals surface area contributed by atoms with Gasteiger partial charge >= 0.3 is 0 Å². The molecule has 0 bridgehead atoms. The number of fused-ring (bicyclic) bond motifs is 1. The van der Waals surface area contributed by atoms with E-state index in [1.807, 2.05) is 87.5 Å². The van der Waals surface area contributed by atoms with Crippen LogP contribution in [0.4, 0.5) is 11.6 Å². The molecule has 1 amide bonds. The van der Waals surface area contributed by atoms with E-state index in [1.54, 1.807) is 4.68 Å². The van der Waals surface area contributed by atoms with Crippen LogP contribution in [0.15, 0.2) is 83.2 Å². The van der Waals surface area contributed by atoms with Crippen LogP contribution in [-0.4, -0.2) is 33.9 Å². The number of amides is 1. The fourth-order valence-electron chi connectivity index (χ4n) is 4.86. The van der Waals surface area contributed by atoms with Crippen molar-refractivity contribution in [2.45, 2.75) is 57.5 Å². The van der Waals surface area contributed by atoms with Gasteiger partial charge in [0.2, 0.25) is 11.1 Å². The number of nitrogens with one attached hydrogen (secondary N) is 2. The number of aryl methyl sites for hydroxylation is 1. The number of carbonyl (C=O) groups is 1. The highest BCUT2D eigenvalue weighted by molar-refractivity contribution is 7.98. The minimum absolute atomic E-state index is 0.225. The highest BCUT2D eigenvalue weighted by atomic mass is 35.5. The summed E-state index contributed by atoms with van der Waals surface area (Å²) in [6, 6.07) is 20.7. The number of hydrogen-bond acceptors (Lipinski definition) is 7. The molecule has 0 aliphatic carbocycles. The van der Waals surface area contributed by atoms with Gasteiger partial charge in [-0.15, -0.1) is 5.10 Å². The quantitative estimate of drug-likeness (QED) is 0.123. The number of aromatic nitrogens is 3. The number of halogens is 1. The van der Waals surface area contributed by atoms with Crippen LogP contribution in [0.25, 0.3) is 0 Å². The molecule has 43 heavy (non-hydrogen) atoms. The number of rotatable bonds is 12. The van der Waals surface area contributed by atoms with Gasteiger partial charge in [-0.1, -0.05) is 79.2 Å². The molecule has 0 saturated carbocycles. The topological polar surface area (TPSA) is 90.3 Å². The van der Waals surface area contributed by atoms with Crippen LogP contribution in [0, 0.1) is 6.92 Å². The van der Waals surface area contributed by atoms with Crippen LogP contribution >= 0.6 is 23.4 Å². The number of hydrogen-bond donors (Lipinski definition) is 2. The third kappa shape index (κ3) is 7.00. The molecule has 1 aliphatic heterocycles. The van der Waals surface area contributed by atoms with E-state index in [0.29, 0.717) is 57.9 Å². The van der Waals surface area contributed by atoms with Crippen molar-refractivity contribution in [2.75, 3.05) is 23.8 Å². The third-order valence-electron chi connectivity index (χ3n) is 7.12. The maximum atomic E-state index is 14.0. The third-order valence-corrected chi connectivity index (χ3v) is 8.38. The lowest BCUT2D eigenvalue weighted by atomic mass is 9.94. The zero-order valence-corrected chi connectivity index (χ0v) is 26.4. The second-order valence-electron chi connectivity index (χ2n) is 10.2. The predicted molar refractivity (Wildman–Crippen MR) is 173 cm³/mol. The van der Waals surface area contributed by atoms with E-state index in [0.717, 1.165) is 35.2 Å². The molecule has 8 nitrogen and oxygen atoms in total. The van der Waals surface area contributed by atoms with E-state index >= 15 is 0 Å². The van der Waals surface area contributed by atoms with E-state index in [-0.39, 0.29) is 5.91 Å². The van der Waals surface area contributed by atoms with E-state index in [1.165, 1.54) is 11.8 Å². The largest absolute Gasteiger partial charge is 0.490 e. The lowest BCUT2D eigenvalue weighted by molar-refractivity contribution is -0.113. The van der Waals surface area contributed by atoms with Crippen LogP contribution in [0.2, 0.25) is 5.02 Å². The predicted octanol–water partition coefficient (Wildman–Crippen LogP) is 8.04. The minimum atomic E-state index is -0.564. The zero-order chi connectivity index (χ0) is 30.3. The number of unbranched alkanes of at least 4 members (excludes halogenated alkanes) is 1. The van der Waals surface area contributed by atoms with Crippen molar-refractivity contribution in [3.8, 4) is 11.5 Å². The number of nitrogens with zero attached hydrogens (tertiary/aromatic N) is 3. The molecule has 3 aromatic carbocycles. The van der Waals surface area contributed by atoms with Crippen molar-refractivity contribution in [2.24, 2.45) is 0 Å². The lowest BCUT2D eigenvalue weighted by Crippen LogP contribution is -2.31. The number of benzene rings is 3. The summed E-state index contributed by atoms with van der Waals surface area (Å²) in [5.74, 6) is 2.24. The second kappa shape index (κ2) is 14.0. The normalized spacial score (nSPS) is 14.2. The van der Waals surface area contributed by atoms with Crippen LogP contribution in [-0.2, 0) is 10.5 Å². The van der Waals surface area contributed by atoms with Gasteiger partial charge in [-0.2, -0.15) is 4.98 Å². The maximum Gasteiger partial charge on any atom is 0.255 e. The van der Waals surface area contributed by atoms with Gasteiger partial charge in [-0.25, -0.2) is 4.68 Å². The zero-order valence-electron chi connectivity index (χ0n) is 24.8. The van der Waals surface area contributed by atoms with Gasteiger partial charge in [-0.3, -0.25) is 4.79 Å². The summed E-state index contributed by atoms with van der Waals surface area (Å²) >= 11 is 7.88. The smallest absolute Gasteiger partial charge is 0.255 e. The Morgan fingerprint density at radius 3 is 2.60 bits per heavy atom. The first-order valence-electron chi connectivity index (χ1n) is 14.5. The number of allylic oxidation sites excluding steroid dienone is 1. The molecule has 5 rings (SSSR count). The molecular weight excluding hydrogens is 582 g/mol. The van der Waals surface area contributed by atoms with Crippen LogP contribution in [0.1, 0.15) is 56.3 Å². The average Bonchev–Trinajstić information content (AvgIpc) is 3.40. The molecule has 0 spiro atoms. The first-order valence-corrected chi connectivity index (χ1v) is 15.8. The van der Waals surface area contributed by atoms with Crippen molar-refractivity contribution >= 4 is 40.9 Å². The summed E-state index contributed by atoms with van der Waals surface area (Å²) in [7, 11) is 0.